The van der Waals surface area contributed by atoms with Crippen LogP contribution in [0, 0.1) is 0 Å². The van der Waals surface area contributed by atoms with Gasteiger partial charge in [0.05, 0.1) is 37.2 Å². The third-order valence-corrected chi connectivity index (χ3v) is 5.92. The molecule has 0 radical (unpaired) electrons. The van der Waals surface area contributed by atoms with Crippen LogP contribution in [0.25, 0.3) is 16.8 Å². The Kier molecular flexibility index (Phi) is 7.21. The van der Waals surface area contributed by atoms with Crippen molar-refractivity contribution in [2.75, 3.05) is 13.2 Å². The summed E-state index contributed by atoms with van der Waals surface area (Å²) < 4.78 is 53.8. The molecular formula is C25H26F3N5O4. The second-order valence-electron chi connectivity index (χ2n) is 8.29. The van der Waals surface area contributed by atoms with Crippen LogP contribution >= 0.6 is 0 Å². The molecule has 0 aliphatic heterocycles. The molecule has 0 aromatic carbocycles. The van der Waals surface area contributed by atoms with Crippen LogP contribution in [0.5, 0.6) is 5.88 Å². The van der Waals surface area contributed by atoms with Crippen molar-refractivity contribution in [3.05, 3.63) is 65.7 Å². The van der Waals surface area contributed by atoms with E-state index in [1.165, 1.54) is 11.6 Å². The summed E-state index contributed by atoms with van der Waals surface area (Å²) in [6.45, 7) is 5.57. The number of aliphatic hydroxyl groups is 1. The summed E-state index contributed by atoms with van der Waals surface area (Å²) >= 11 is 0. The maximum absolute atomic E-state index is 13.4. The van der Waals surface area contributed by atoms with Gasteiger partial charge in [-0.25, -0.2) is 14.5 Å². The first-order valence-corrected chi connectivity index (χ1v) is 11.7. The number of alkyl halides is 3. The van der Waals surface area contributed by atoms with Crippen LogP contribution in [0.4, 0.5) is 13.2 Å². The zero-order chi connectivity index (χ0) is 26.8. The third kappa shape index (κ3) is 5.01. The molecule has 4 rings (SSSR count). The van der Waals surface area contributed by atoms with Gasteiger partial charge < -0.3 is 19.0 Å². The SMILES string of the molecule is CCOC(=O)c1cc2cc(Cn3cc(C(O)(CC)C(F)(F)F)nn3)ccn2c1-c1ccc(OCC)nc1. The van der Waals surface area contributed by atoms with Crippen LogP contribution in [0.15, 0.2) is 48.9 Å². The first kappa shape index (κ1) is 26.1. The highest BCUT2D eigenvalue weighted by Crippen LogP contribution is 2.40. The van der Waals surface area contributed by atoms with E-state index >= 15 is 0 Å². The number of ether oxygens (including phenoxy) is 2. The number of pyridine rings is 2. The smallest absolute Gasteiger partial charge is 0.423 e. The molecule has 9 nitrogen and oxygen atoms in total. The van der Waals surface area contributed by atoms with Crippen molar-refractivity contribution in [3.63, 3.8) is 0 Å². The van der Waals surface area contributed by atoms with Crippen molar-refractivity contribution in [1.29, 1.82) is 0 Å². The van der Waals surface area contributed by atoms with Crippen LogP contribution in [-0.4, -0.2) is 54.8 Å². The number of hydrogen-bond acceptors (Lipinski definition) is 7. The van der Waals surface area contributed by atoms with Gasteiger partial charge in [-0.2, -0.15) is 13.2 Å². The maximum atomic E-state index is 13.4. The largest absolute Gasteiger partial charge is 0.478 e. The summed E-state index contributed by atoms with van der Waals surface area (Å²) in [5.74, 6) is -0.0386. The molecule has 1 N–H and O–H groups in total. The molecule has 0 aliphatic carbocycles. The highest BCUT2D eigenvalue weighted by atomic mass is 19.4. The number of hydrogen-bond donors (Lipinski definition) is 1. The van der Waals surface area contributed by atoms with Crippen LogP contribution in [0.1, 0.15) is 48.8 Å². The van der Waals surface area contributed by atoms with E-state index in [2.05, 4.69) is 15.3 Å². The maximum Gasteiger partial charge on any atom is 0.423 e. The van der Waals surface area contributed by atoms with Gasteiger partial charge in [-0.3, -0.25) is 0 Å². The molecule has 0 fully saturated rings. The molecule has 196 valence electrons. The Morgan fingerprint density at radius 3 is 2.51 bits per heavy atom. The Morgan fingerprint density at radius 2 is 1.89 bits per heavy atom. The lowest BCUT2D eigenvalue weighted by Gasteiger charge is -2.26. The number of nitrogens with zero attached hydrogens (tertiary/aromatic N) is 5. The van der Waals surface area contributed by atoms with Gasteiger partial charge in [-0.05, 0) is 50.1 Å². The van der Waals surface area contributed by atoms with E-state index in [9.17, 15) is 23.1 Å². The lowest BCUT2D eigenvalue weighted by atomic mass is 9.96. The quantitative estimate of drug-likeness (QED) is 0.329. The van der Waals surface area contributed by atoms with E-state index in [1.54, 1.807) is 54.0 Å². The number of esters is 1. The molecule has 12 heteroatoms. The first-order valence-electron chi connectivity index (χ1n) is 11.7. The van der Waals surface area contributed by atoms with Crippen molar-refractivity contribution in [2.24, 2.45) is 0 Å². The molecular weight excluding hydrogens is 491 g/mol. The third-order valence-electron chi connectivity index (χ3n) is 5.92. The Hall–Kier alpha value is -3.93. The highest BCUT2D eigenvalue weighted by Gasteiger charge is 2.55. The topological polar surface area (TPSA) is 104 Å². The number of fused-ring (bicyclic) bond motifs is 1. The predicted octanol–water partition coefficient (Wildman–Crippen LogP) is 4.38. The lowest BCUT2D eigenvalue weighted by molar-refractivity contribution is -0.269. The Morgan fingerprint density at radius 1 is 1.11 bits per heavy atom. The fourth-order valence-corrected chi connectivity index (χ4v) is 4.01. The fraction of sp³-hybridized carbons (Fsp3) is 0.360. The molecule has 0 saturated heterocycles. The summed E-state index contributed by atoms with van der Waals surface area (Å²) in [5.41, 5.74) is -0.702. The number of carbonyl (C=O) groups excluding carboxylic acids is 1. The minimum atomic E-state index is -4.89. The minimum absolute atomic E-state index is 0.0982. The molecule has 0 aliphatic rings. The molecule has 1 atom stereocenters. The zero-order valence-electron chi connectivity index (χ0n) is 20.5. The van der Waals surface area contributed by atoms with E-state index in [0.29, 0.717) is 40.4 Å². The van der Waals surface area contributed by atoms with Gasteiger partial charge in [0.15, 0.2) is 0 Å². The molecule has 4 aromatic rings. The Balaban J connectivity index is 1.70. The zero-order valence-corrected chi connectivity index (χ0v) is 20.5. The minimum Gasteiger partial charge on any atom is -0.478 e. The van der Waals surface area contributed by atoms with Crippen LogP contribution in [0.3, 0.4) is 0 Å². The van der Waals surface area contributed by atoms with E-state index in [1.807, 2.05) is 6.92 Å². The summed E-state index contributed by atoms with van der Waals surface area (Å²) in [4.78, 5) is 17.0. The summed E-state index contributed by atoms with van der Waals surface area (Å²) in [7, 11) is 0. The Labute approximate surface area is 210 Å². The monoisotopic (exact) mass is 517 g/mol. The van der Waals surface area contributed by atoms with Gasteiger partial charge in [0.2, 0.25) is 11.5 Å². The predicted molar refractivity (Wildman–Crippen MR) is 127 cm³/mol. The van der Waals surface area contributed by atoms with Crippen molar-refractivity contribution < 1.29 is 32.5 Å². The van der Waals surface area contributed by atoms with Gasteiger partial charge in [-0.1, -0.05) is 12.1 Å². The standard InChI is InChI=1S/C25H26F3N5O4/c1-4-24(35,25(26,27)28)20-15-32(31-30-20)14-16-9-10-33-18(11-16)12-19(23(34)37-6-3)22(33)17-7-8-21(29-13-17)36-5-2/h7-13,15,35H,4-6,14H2,1-3H3. The second kappa shape index (κ2) is 10.2. The summed E-state index contributed by atoms with van der Waals surface area (Å²) in [6.07, 6.45) is -1.04. The molecule has 0 saturated carbocycles. The van der Waals surface area contributed by atoms with Gasteiger partial charge >= 0.3 is 12.1 Å². The molecule has 0 bridgehead atoms. The van der Waals surface area contributed by atoms with Gasteiger partial charge in [0.25, 0.3) is 0 Å². The van der Waals surface area contributed by atoms with Crippen molar-refractivity contribution in [3.8, 4) is 17.1 Å². The van der Waals surface area contributed by atoms with Crippen molar-refractivity contribution in [1.82, 2.24) is 24.4 Å². The van der Waals surface area contributed by atoms with Gasteiger partial charge in [0.1, 0.15) is 5.69 Å². The van der Waals surface area contributed by atoms with Crippen molar-refractivity contribution >= 4 is 11.5 Å². The summed E-state index contributed by atoms with van der Waals surface area (Å²) in [6, 6.07) is 8.72. The van der Waals surface area contributed by atoms with Gasteiger partial charge in [0, 0.05) is 29.5 Å². The second-order valence-corrected chi connectivity index (χ2v) is 8.29. The molecule has 1 unspecified atom stereocenters. The van der Waals surface area contributed by atoms with Crippen molar-refractivity contribution in [2.45, 2.75) is 45.5 Å². The van der Waals surface area contributed by atoms with E-state index in [-0.39, 0.29) is 13.2 Å². The molecule has 4 aromatic heterocycles. The van der Waals surface area contributed by atoms with E-state index in [0.717, 1.165) is 6.20 Å². The highest BCUT2D eigenvalue weighted by molar-refractivity contribution is 5.99. The van der Waals surface area contributed by atoms with Gasteiger partial charge in [-0.15, -0.1) is 5.10 Å². The molecule has 0 amide bonds. The molecule has 37 heavy (non-hydrogen) atoms. The average Bonchev–Trinajstić information content (AvgIpc) is 3.48. The number of rotatable bonds is 9. The number of carbonyl (C=O) groups is 1. The van der Waals surface area contributed by atoms with Crippen LogP contribution in [-0.2, 0) is 16.9 Å². The number of aromatic nitrogens is 5. The van der Waals surface area contributed by atoms with Crippen LogP contribution in [0.2, 0.25) is 0 Å². The van der Waals surface area contributed by atoms with E-state index in [4.69, 9.17) is 9.47 Å². The first-order chi connectivity index (χ1) is 17.6. The Bertz CT molecular complexity index is 1400. The summed E-state index contributed by atoms with van der Waals surface area (Å²) in [5, 5.41) is 17.5. The normalized spacial score (nSPS) is 13.5. The number of halogens is 3. The lowest BCUT2D eigenvalue weighted by Crippen LogP contribution is -2.42. The fourth-order valence-electron chi connectivity index (χ4n) is 4.01. The van der Waals surface area contributed by atoms with E-state index < -0.39 is 29.9 Å². The molecule has 0 spiro atoms. The molecule has 4 heterocycles. The average molecular weight is 518 g/mol. The van der Waals surface area contributed by atoms with Crippen LogP contribution < -0.4 is 4.74 Å².